The number of nitrogens with zero attached hydrogens (tertiary/aromatic N) is 2. The molecule has 2 aromatic carbocycles. The Morgan fingerprint density at radius 1 is 0.900 bits per heavy atom. The number of sulfonamides is 1. The monoisotopic (exact) mass is 568 g/mol. The van der Waals surface area contributed by atoms with E-state index in [1.807, 2.05) is 0 Å². The summed E-state index contributed by atoms with van der Waals surface area (Å²) in [4.78, 5) is 31.9. The van der Waals surface area contributed by atoms with Crippen molar-refractivity contribution in [2.75, 3.05) is 31.4 Å². The van der Waals surface area contributed by atoms with Gasteiger partial charge in [0.25, 0.3) is 15.9 Å². The number of amides is 1. The molecule has 1 amide bonds. The van der Waals surface area contributed by atoms with Crippen LogP contribution in [-0.2, 0) is 21.4 Å². The second-order valence-electron chi connectivity index (χ2n) is 7.94. The van der Waals surface area contributed by atoms with Crippen molar-refractivity contribution in [1.29, 1.82) is 0 Å². The summed E-state index contributed by atoms with van der Waals surface area (Å²) in [5, 5.41) is 2.64. The van der Waals surface area contributed by atoms with E-state index in [0.29, 0.717) is 22.8 Å². The van der Waals surface area contributed by atoms with E-state index in [0.717, 1.165) is 0 Å². The summed E-state index contributed by atoms with van der Waals surface area (Å²) in [7, 11) is -0.00140. The molecule has 2 heterocycles. The average Bonchev–Trinajstić information content (AvgIpc) is 3.45. The first-order valence-corrected chi connectivity index (χ1v) is 13.0. The predicted octanol–water partition coefficient (Wildman–Crippen LogP) is 3.51. The van der Waals surface area contributed by atoms with Crippen LogP contribution in [0, 0.1) is 0 Å². The Balaban J connectivity index is 1.35. The van der Waals surface area contributed by atoms with Crippen molar-refractivity contribution in [2.24, 2.45) is 0 Å². The van der Waals surface area contributed by atoms with Crippen molar-refractivity contribution in [3.8, 4) is 17.6 Å². The fourth-order valence-corrected chi connectivity index (χ4v) is 4.29. The smallest absolute Gasteiger partial charge is 0.337 e. The van der Waals surface area contributed by atoms with Crippen molar-refractivity contribution in [2.45, 2.75) is 11.5 Å². The lowest BCUT2D eigenvalue weighted by molar-refractivity contribution is 0.0600. The van der Waals surface area contributed by atoms with Gasteiger partial charge in [0.05, 0.1) is 31.8 Å². The van der Waals surface area contributed by atoms with E-state index in [4.69, 9.17) is 18.6 Å². The Morgan fingerprint density at radius 2 is 1.62 bits per heavy atom. The number of ether oxygens (including phenoxy) is 4. The standard InChI is InChI=1S/C26H24N4O9S/c1-35-23-14-22(28-26(29-23)37-3)30-40(33,34)20-11-6-17(7-12-20)27-24(31)21-13-10-19(39-21)15-38-18-8-4-16(5-9-18)25(32)36-2/h4-14H,15H2,1-3H3,(H,27,31)(H,28,29,30). The minimum Gasteiger partial charge on any atom is -0.486 e. The zero-order valence-corrected chi connectivity index (χ0v) is 22.4. The number of methoxy groups -OCH3 is 3. The molecule has 0 aliphatic carbocycles. The van der Waals surface area contributed by atoms with Crippen molar-refractivity contribution in [3.05, 3.63) is 83.8 Å². The van der Waals surface area contributed by atoms with Gasteiger partial charge in [0, 0.05) is 11.8 Å². The zero-order chi connectivity index (χ0) is 28.7. The molecule has 208 valence electrons. The lowest BCUT2D eigenvalue weighted by Gasteiger charge is -2.10. The SMILES string of the molecule is COC(=O)c1ccc(OCc2ccc(C(=O)Nc3ccc(S(=O)(=O)Nc4cc(OC)nc(OC)n4)cc3)o2)cc1. The number of benzene rings is 2. The Hall–Kier alpha value is -5.11. The van der Waals surface area contributed by atoms with Crippen molar-refractivity contribution < 1.29 is 41.4 Å². The van der Waals surface area contributed by atoms with Gasteiger partial charge in [0.2, 0.25) is 5.88 Å². The molecule has 0 radical (unpaired) electrons. The molecule has 13 nitrogen and oxygen atoms in total. The predicted molar refractivity (Wildman–Crippen MR) is 141 cm³/mol. The van der Waals surface area contributed by atoms with Gasteiger partial charge < -0.3 is 28.7 Å². The minimum absolute atomic E-state index is 0.0321. The van der Waals surface area contributed by atoms with Gasteiger partial charge in [-0.15, -0.1) is 0 Å². The Bertz CT molecular complexity index is 1580. The molecular weight excluding hydrogens is 544 g/mol. The van der Waals surface area contributed by atoms with E-state index in [1.54, 1.807) is 30.3 Å². The molecule has 4 aromatic rings. The summed E-state index contributed by atoms with van der Waals surface area (Å²) in [6.07, 6.45) is 0. The maximum Gasteiger partial charge on any atom is 0.337 e. The minimum atomic E-state index is -4.01. The number of carbonyl (C=O) groups excluding carboxylic acids is 2. The van der Waals surface area contributed by atoms with E-state index in [9.17, 15) is 18.0 Å². The molecule has 0 saturated heterocycles. The summed E-state index contributed by atoms with van der Waals surface area (Å²) in [6.45, 7) is 0.0501. The molecule has 0 atom stereocenters. The van der Waals surface area contributed by atoms with Gasteiger partial charge in [-0.25, -0.2) is 13.2 Å². The van der Waals surface area contributed by atoms with Crippen LogP contribution in [0.5, 0.6) is 17.6 Å². The fourth-order valence-electron chi connectivity index (χ4n) is 3.30. The van der Waals surface area contributed by atoms with Crippen LogP contribution in [0.25, 0.3) is 0 Å². The fraction of sp³-hybridized carbons (Fsp3) is 0.154. The van der Waals surface area contributed by atoms with Gasteiger partial charge in [0.1, 0.15) is 18.1 Å². The highest BCUT2D eigenvalue weighted by Crippen LogP contribution is 2.22. The molecule has 2 N–H and O–H groups in total. The Kier molecular flexibility index (Phi) is 8.49. The number of carbonyl (C=O) groups is 2. The number of aromatic nitrogens is 2. The number of esters is 1. The van der Waals surface area contributed by atoms with Gasteiger partial charge in [-0.1, -0.05) is 0 Å². The average molecular weight is 569 g/mol. The van der Waals surface area contributed by atoms with Gasteiger partial charge in [0.15, 0.2) is 11.6 Å². The van der Waals surface area contributed by atoms with Crippen LogP contribution >= 0.6 is 0 Å². The third kappa shape index (κ3) is 6.85. The summed E-state index contributed by atoms with van der Waals surface area (Å²) in [5.74, 6) is 0.00414. The summed E-state index contributed by atoms with van der Waals surface area (Å²) >= 11 is 0. The number of rotatable bonds is 11. The van der Waals surface area contributed by atoms with Gasteiger partial charge >= 0.3 is 12.0 Å². The molecule has 2 aromatic heterocycles. The van der Waals surface area contributed by atoms with E-state index in [-0.39, 0.29) is 35.0 Å². The molecule has 0 fully saturated rings. The van der Waals surface area contributed by atoms with Crippen LogP contribution in [-0.4, -0.2) is 51.6 Å². The molecule has 0 unspecified atom stereocenters. The van der Waals surface area contributed by atoms with E-state index in [2.05, 4.69) is 24.7 Å². The normalized spacial score (nSPS) is 10.9. The first-order valence-electron chi connectivity index (χ1n) is 11.5. The summed E-state index contributed by atoms with van der Waals surface area (Å²) in [6, 6.07) is 16.2. The van der Waals surface area contributed by atoms with Gasteiger partial charge in [-0.2, -0.15) is 9.97 Å². The van der Waals surface area contributed by atoms with Crippen LogP contribution in [0.15, 0.2) is 76.0 Å². The Morgan fingerprint density at radius 3 is 2.27 bits per heavy atom. The number of furan rings is 1. The van der Waals surface area contributed by atoms with Crippen LogP contribution in [0.1, 0.15) is 26.7 Å². The van der Waals surface area contributed by atoms with Gasteiger partial charge in [-0.05, 0) is 60.7 Å². The molecular formula is C26H24N4O9S. The quantitative estimate of drug-likeness (QED) is 0.254. The molecule has 0 bridgehead atoms. The highest BCUT2D eigenvalue weighted by atomic mass is 32.2. The van der Waals surface area contributed by atoms with Crippen molar-refractivity contribution in [3.63, 3.8) is 0 Å². The second-order valence-corrected chi connectivity index (χ2v) is 9.62. The summed E-state index contributed by atoms with van der Waals surface area (Å²) in [5.41, 5.74) is 0.731. The molecule has 14 heteroatoms. The Labute approximate surface area is 229 Å². The highest BCUT2D eigenvalue weighted by Gasteiger charge is 2.18. The third-order valence-corrected chi connectivity index (χ3v) is 6.65. The summed E-state index contributed by atoms with van der Waals surface area (Å²) < 4.78 is 53.7. The van der Waals surface area contributed by atoms with Crippen LogP contribution in [0.4, 0.5) is 11.5 Å². The number of hydrogen-bond donors (Lipinski definition) is 2. The van der Waals surface area contributed by atoms with Gasteiger partial charge in [-0.3, -0.25) is 9.52 Å². The first kappa shape index (κ1) is 27.9. The van der Waals surface area contributed by atoms with Crippen LogP contribution < -0.4 is 24.2 Å². The van der Waals surface area contributed by atoms with Crippen LogP contribution in [0.3, 0.4) is 0 Å². The molecule has 40 heavy (non-hydrogen) atoms. The number of hydrogen-bond acceptors (Lipinski definition) is 11. The lowest BCUT2D eigenvalue weighted by Crippen LogP contribution is -2.15. The maximum atomic E-state index is 12.8. The highest BCUT2D eigenvalue weighted by molar-refractivity contribution is 7.92. The maximum absolute atomic E-state index is 12.8. The van der Waals surface area contributed by atoms with E-state index >= 15 is 0 Å². The van der Waals surface area contributed by atoms with E-state index < -0.39 is 21.9 Å². The van der Waals surface area contributed by atoms with Crippen LogP contribution in [0.2, 0.25) is 0 Å². The van der Waals surface area contributed by atoms with Crippen molar-refractivity contribution >= 4 is 33.4 Å². The molecule has 0 saturated carbocycles. The molecule has 4 rings (SSSR count). The van der Waals surface area contributed by atoms with E-state index in [1.165, 1.54) is 57.7 Å². The zero-order valence-electron chi connectivity index (χ0n) is 21.5. The molecule has 0 aliphatic rings. The topological polar surface area (TPSA) is 168 Å². The molecule has 0 spiro atoms. The largest absolute Gasteiger partial charge is 0.486 e. The van der Waals surface area contributed by atoms with Crippen molar-refractivity contribution in [1.82, 2.24) is 9.97 Å². The lowest BCUT2D eigenvalue weighted by atomic mass is 10.2. The second kappa shape index (κ2) is 12.2. The number of anilines is 2. The third-order valence-electron chi connectivity index (χ3n) is 5.28. The molecule has 0 aliphatic heterocycles. The first-order chi connectivity index (χ1) is 19.2. The number of nitrogens with one attached hydrogen (secondary N) is 2.